The lowest BCUT2D eigenvalue weighted by molar-refractivity contribution is 0.0374. The normalized spacial score (nSPS) is 14.6. The molecule has 1 aliphatic heterocycles. The molecule has 1 heterocycles. The van der Waals surface area contributed by atoms with Crippen LogP contribution in [0.2, 0.25) is 0 Å². The van der Waals surface area contributed by atoms with Crippen LogP contribution < -0.4 is 14.9 Å². The van der Waals surface area contributed by atoms with Crippen LogP contribution in [0.4, 0.5) is 11.4 Å². The highest BCUT2D eigenvalue weighted by Gasteiger charge is 2.19. The second kappa shape index (κ2) is 11.1. The molecule has 1 saturated heterocycles. The first-order valence-electron chi connectivity index (χ1n) is 11.7. The van der Waals surface area contributed by atoms with Gasteiger partial charge in [0.1, 0.15) is 0 Å². The first-order valence-corrected chi connectivity index (χ1v) is 13.2. The fourth-order valence-corrected chi connectivity index (χ4v) is 5.23. The predicted octanol–water partition coefficient (Wildman–Crippen LogP) is 3.16. The highest BCUT2D eigenvalue weighted by Crippen LogP contribution is 2.26. The molecule has 0 aromatic heterocycles. The Labute approximate surface area is 206 Å². The number of amides is 1. The van der Waals surface area contributed by atoms with E-state index in [-0.39, 0.29) is 10.8 Å². The molecule has 1 amide bonds. The number of fused-ring (bicyclic) bond motifs is 1. The predicted molar refractivity (Wildman–Crippen MR) is 140 cm³/mol. The number of nitrogens with one attached hydrogen (secondary N) is 2. The summed E-state index contributed by atoms with van der Waals surface area (Å²) >= 11 is 0. The first kappa shape index (κ1) is 25.0. The van der Waals surface area contributed by atoms with Gasteiger partial charge in [-0.3, -0.25) is 14.4 Å². The largest absolute Gasteiger partial charge is 0.379 e. The lowest BCUT2D eigenvalue weighted by atomic mass is 10.1. The van der Waals surface area contributed by atoms with Crippen LogP contribution in [0.3, 0.4) is 0 Å². The molecule has 4 rings (SSSR count). The van der Waals surface area contributed by atoms with Crippen molar-refractivity contribution in [3.05, 3.63) is 66.2 Å². The molecule has 0 aliphatic carbocycles. The van der Waals surface area contributed by atoms with Crippen LogP contribution in [0.5, 0.6) is 0 Å². The maximum Gasteiger partial charge on any atom is 0.261 e. The third-order valence-electron chi connectivity index (χ3n) is 6.05. The van der Waals surface area contributed by atoms with Gasteiger partial charge in [0.25, 0.3) is 15.9 Å². The number of benzene rings is 3. The molecule has 3 aromatic rings. The number of rotatable bonds is 9. The molecule has 0 radical (unpaired) electrons. The number of carbonyl (C=O) groups is 1. The van der Waals surface area contributed by atoms with Gasteiger partial charge in [0.05, 0.1) is 23.7 Å². The van der Waals surface area contributed by atoms with Gasteiger partial charge >= 0.3 is 0 Å². The third kappa shape index (κ3) is 6.30. The van der Waals surface area contributed by atoms with Crippen molar-refractivity contribution in [2.75, 3.05) is 63.1 Å². The van der Waals surface area contributed by atoms with E-state index < -0.39 is 10.0 Å². The molecule has 0 bridgehead atoms. The number of morpholine rings is 1. The van der Waals surface area contributed by atoms with Crippen molar-refractivity contribution in [1.29, 1.82) is 0 Å². The van der Waals surface area contributed by atoms with Gasteiger partial charge in [-0.05, 0) is 54.1 Å². The fourth-order valence-electron chi connectivity index (χ4n) is 4.14. The van der Waals surface area contributed by atoms with E-state index in [9.17, 15) is 13.2 Å². The standard InChI is InChI=1S/C26H32N4O4S/c1-29(2)25-11-9-22(19-24(25)26(31)27-12-5-13-30-14-16-34-17-15-30)28-35(32,33)23-10-8-20-6-3-4-7-21(20)18-23/h3-4,6-11,18-19,28H,5,12-17H2,1-2H3,(H,27,31). The SMILES string of the molecule is CN(C)c1ccc(NS(=O)(=O)c2ccc3ccccc3c2)cc1C(=O)NCCCN1CCOCC1. The minimum Gasteiger partial charge on any atom is -0.379 e. The Morgan fingerprint density at radius 2 is 1.74 bits per heavy atom. The minimum absolute atomic E-state index is 0.169. The average molecular weight is 497 g/mol. The Morgan fingerprint density at radius 1 is 1.00 bits per heavy atom. The van der Waals surface area contributed by atoms with Gasteiger partial charge in [-0.1, -0.05) is 30.3 Å². The van der Waals surface area contributed by atoms with E-state index in [0.29, 0.717) is 23.5 Å². The fraction of sp³-hybridized carbons (Fsp3) is 0.346. The molecular formula is C26H32N4O4S. The number of nitrogens with zero attached hydrogens (tertiary/aromatic N) is 2. The van der Waals surface area contributed by atoms with Crippen molar-refractivity contribution in [3.63, 3.8) is 0 Å². The second-order valence-corrected chi connectivity index (χ2v) is 10.5. The summed E-state index contributed by atoms with van der Waals surface area (Å²) in [4.78, 5) is 17.3. The Hall–Kier alpha value is -3.14. The molecule has 0 saturated carbocycles. The van der Waals surface area contributed by atoms with Gasteiger partial charge in [0.2, 0.25) is 0 Å². The van der Waals surface area contributed by atoms with E-state index >= 15 is 0 Å². The van der Waals surface area contributed by atoms with Crippen LogP contribution >= 0.6 is 0 Å². The Bertz CT molecular complexity index is 1290. The third-order valence-corrected chi connectivity index (χ3v) is 7.43. The summed E-state index contributed by atoms with van der Waals surface area (Å²) in [6.07, 6.45) is 0.831. The highest BCUT2D eigenvalue weighted by molar-refractivity contribution is 7.92. The molecule has 2 N–H and O–H groups in total. The van der Waals surface area contributed by atoms with Crippen molar-refractivity contribution < 1.29 is 17.9 Å². The first-order chi connectivity index (χ1) is 16.8. The molecule has 1 aliphatic rings. The van der Waals surface area contributed by atoms with E-state index in [2.05, 4.69) is 14.9 Å². The number of hydrogen-bond donors (Lipinski definition) is 2. The molecule has 9 heteroatoms. The van der Waals surface area contributed by atoms with E-state index in [4.69, 9.17) is 4.74 Å². The number of ether oxygens (including phenoxy) is 1. The molecule has 186 valence electrons. The quantitative estimate of drug-likeness (QED) is 0.442. The van der Waals surface area contributed by atoms with Crippen LogP contribution in [-0.2, 0) is 14.8 Å². The maximum absolute atomic E-state index is 13.1. The number of carbonyl (C=O) groups excluding carboxylic acids is 1. The van der Waals surface area contributed by atoms with E-state index in [1.807, 2.05) is 43.3 Å². The van der Waals surface area contributed by atoms with Crippen LogP contribution in [-0.4, -0.2) is 72.7 Å². The smallest absolute Gasteiger partial charge is 0.261 e. The highest BCUT2D eigenvalue weighted by atomic mass is 32.2. The van der Waals surface area contributed by atoms with Crippen molar-refractivity contribution >= 4 is 38.1 Å². The lowest BCUT2D eigenvalue weighted by Crippen LogP contribution is -2.38. The van der Waals surface area contributed by atoms with Crippen molar-refractivity contribution in [1.82, 2.24) is 10.2 Å². The van der Waals surface area contributed by atoms with Gasteiger partial charge in [0, 0.05) is 45.1 Å². The zero-order valence-electron chi connectivity index (χ0n) is 20.2. The summed E-state index contributed by atoms with van der Waals surface area (Å²) in [5.74, 6) is -0.234. The minimum atomic E-state index is -3.82. The molecule has 1 fully saturated rings. The lowest BCUT2D eigenvalue weighted by Gasteiger charge is -2.26. The van der Waals surface area contributed by atoms with E-state index in [0.717, 1.165) is 50.0 Å². The van der Waals surface area contributed by atoms with Gasteiger partial charge < -0.3 is 15.0 Å². The zero-order chi connectivity index (χ0) is 24.8. The van der Waals surface area contributed by atoms with Crippen LogP contribution in [0, 0.1) is 0 Å². The zero-order valence-corrected chi connectivity index (χ0v) is 21.0. The van der Waals surface area contributed by atoms with Crippen molar-refractivity contribution in [2.45, 2.75) is 11.3 Å². The second-order valence-electron chi connectivity index (χ2n) is 8.80. The van der Waals surface area contributed by atoms with Crippen molar-refractivity contribution in [3.8, 4) is 0 Å². The van der Waals surface area contributed by atoms with Crippen LogP contribution in [0.25, 0.3) is 10.8 Å². The molecule has 35 heavy (non-hydrogen) atoms. The van der Waals surface area contributed by atoms with Crippen molar-refractivity contribution in [2.24, 2.45) is 0 Å². The summed E-state index contributed by atoms with van der Waals surface area (Å²) in [5.41, 5.74) is 1.46. The summed E-state index contributed by atoms with van der Waals surface area (Å²) in [6.45, 7) is 4.77. The van der Waals surface area contributed by atoms with E-state index in [1.54, 1.807) is 36.4 Å². The molecular weight excluding hydrogens is 464 g/mol. The van der Waals surface area contributed by atoms with Crippen LogP contribution in [0.15, 0.2) is 65.6 Å². The van der Waals surface area contributed by atoms with Gasteiger partial charge in [-0.2, -0.15) is 0 Å². The summed E-state index contributed by atoms with van der Waals surface area (Å²) in [7, 11) is -0.123. The molecule has 8 nitrogen and oxygen atoms in total. The van der Waals surface area contributed by atoms with Gasteiger partial charge in [0.15, 0.2) is 0 Å². The average Bonchev–Trinajstić information content (AvgIpc) is 2.86. The maximum atomic E-state index is 13.1. The summed E-state index contributed by atoms with van der Waals surface area (Å²) < 4.78 is 34.1. The van der Waals surface area contributed by atoms with Gasteiger partial charge in [-0.15, -0.1) is 0 Å². The molecule has 3 aromatic carbocycles. The van der Waals surface area contributed by atoms with Gasteiger partial charge in [-0.25, -0.2) is 8.42 Å². The van der Waals surface area contributed by atoms with E-state index in [1.165, 1.54) is 0 Å². The summed E-state index contributed by atoms with van der Waals surface area (Å²) in [5, 5.41) is 4.78. The topological polar surface area (TPSA) is 91.0 Å². The Kier molecular flexibility index (Phi) is 7.90. The molecule has 0 atom stereocenters. The molecule has 0 spiro atoms. The number of sulfonamides is 1. The number of anilines is 2. The summed E-state index contributed by atoms with van der Waals surface area (Å²) in [6, 6.07) is 17.6. The van der Waals surface area contributed by atoms with Crippen LogP contribution in [0.1, 0.15) is 16.8 Å². The number of hydrogen-bond acceptors (Lipinski definition) is 6. The Morgan fingerprint density at radius 3 is 2.49 bits per heavy atom. The monoisotopic (exact) mass is 496 g/mol. The molecule has 0 unspecified atom stereocenters. The Balaban J connectivity index is 1.46.